The number of ether oxygens (including phenoxy) is 1. The molecule has 1 aliphatic carbocycles. The highest BCUT2D eigenvalue weighted by atomic mass is 16.5. The van der Waals surface area contributed by atoms with Crippen LogP contribution in [0.25, 0.3) is 10.9 Å². The number of anilines is 2. The first-order valence-corrected chi connectivity index (χ1v) is 11.6. The van der Waals surface area contributed by atoms with E-state index in [0.29, 0.717) is 24.3 Å². The number of piperidine rings is 2. The van der Waals surface area contributed by atoms with E-state index in [-0.39, 0.29) is 6.04 Å². The lowest BCUT2D eigenvalue weighted by atomic mass is 10.0. The Hall–Kier alpha value is -2.59. The highest BCUT2D eigenvalue weighted by Crippen LogP contribution is 2.51. The van der Waals surface area contributed by atoms with Crippen molar-refractivity contribution < 1.29 is 4.74 Å². The van der Waals surface area contributed by atoms with E-state index in [1.807, 2.05) is 0 Å². The second-order valence-electron chi connectivity index (χ2n) is 9.31. The smallest absolute Gasteiger partial charge is 0.228 e. The van der Waals surface area contributed by atoms with Crippen molar-refractivity contribution >= 4 is 22.7 Å². The number of benzene rings is 1. The maximum atomic E-state index is 9.36. The summed E-state index contributed by atoms with van der Waals surface area (Å²) in [5.41, 5.74) is 2.01. The fourth-order valence-corrected chi connectivity index (χ4v) is 5.45. The van der Waals surface area contributed by atoms with Gasteiger partial charge in [-0.1, -0.05) is 6.92 Å². The monoisotopic (exact) mass is 420 g/mol. The van der Waals surface area contributed by atoms with Crippen LogP contribution in [-0.4, -0.2) is 60.2 Å². The number of aryl methyl sites for hydroxylation is 1. The summed E-state index contributed by atoms with van der Waals surface area (Å²) in [6.45, 7) is 8.59. The molecule has 2 aromatic rings. The van der Waals surface area contributed by atoms with Gasteiger partial charge in [-0.05, 0) is 62.3 Å². The van der Waals surface area contributed by atoms with E-state index in [1.165, 1.54) is 6.42 Å². The molecule has 1 aromatic carbocycles. The molecule has 5 rings (SSSR count). The van der Waals surface area contributed by atoms with Crippen LogP contribution in [0.4, 0.5) is 11.8 Å². The van der Waals surface area contributed by atoms with Gasteiger partial charge in [-0.15, -0.1) is 0 Å². The average molecular weight is 421 g/mol. The van der Waals surface area contributed by atoms with Gasteiger partial charge in [-0.3, -0.25) is 0 Å². The third-order valence-corrected chi connectivity index (χ3v) is 7.44. The van der Waals surface area contributed by atoms with Gasteiger partial charge >= 0.3 is 0 Å². The number of nitrogens with one attached hydrogen (secondary N) is 1. The topological polar surface area (TPSA) is 77.3 Å². The summed E-state index contributed by atoms with van der Waals surface area (Å²) in [4.78, 5) is 14.8. The van der Waals surface area contributed by atoms with Gasteiger partial charge in [0.1, 0.15) is 11.6 Å². The van der Waals surface area contributed by atoms with Crippen molar-refractivity contribution in [2.45, 2.75) is 51.6 Å². The lowest BCUT2D eigenvalue weighted by Crippen LogP contribution is -2.39. The number of nitriles is 1. The highest BCUT2D eigenvalue weighted by Gasteiger charge is 2.53. The Morgan fingerprint density at radius 3 is 2.77 bits per heavy atom. The molecule has 2 aliphatic heterocycles. The SMILES string of the molecule is CCN1CCC(Nc2nc(N3CC4CC4C3CC#N)nc3cc(C)c(OC)cc23)CC1. The zero-order valence-corrected chi connectivity index (χ0v) is 18.8. The van der Waals surface area contributed by atoms with Crippen LogP contribution in [0.15, 0.2) is 12.1 Å². The van der Waals surface area contributed by atoms with Crippen molar-refractivity contribution in [2.75, 3.05) is 43.5 Å². The molecule has 3 fully saturated rings. The molecule has 0 radical (unpaired) electrons. The minimum Gasteiger partial charge on any atom is -0.496 e. The van der Waals surface area contributed by atoms with Crippen LogP contribution in [0, 0.1) is 30.1 Å². The second-order valence-corrected chi connectivity index (χ2v) is 9.31. The van der Waals surface area contributed by atoms with E-state index < -0.39 is 0 Å². The molecule has 3 heterocycles. The molecular weight excluding hydrogens is 388 g/mol. The maximum Gasteiger partial charge on any atom is 0.228 e. The standard InChI is InChI=1S/C24H32N6O/c1-4-29-9-6-17(7-10-29)26-23-19-13-22(31-3)15(2)11-20(19)27-24(28-23)30-14-16-12-18(16)21(30)5-8-25/h11,13,16-18,21H,4-7,9-10,12,14H2,1-3H3,(H,26,27,28). The van der Waals surface area contributed by atoms with Crippen molar-refractivity contribution in [2.24, 2.45) is 11.8 Å². The van der Waals surface area contributed by atoms with E-state index in [1.54, 1.807) is 7.11 Å². The van der Waals surface area contributed by atoms with E-state index in [4.69, 9.17) is 14.7 Å². The van der Waals surface area contributed by atoms with Crippen molar-refractivity contribution in [1.29, 1.82) is 5.26 Å². The van der Waals surface area contributed by atoms with Gasteiger partial charge in [0.05, 0.1) is 25.1 Å². The van der Waals surface area contributed by atoms with E-state index in [2.05, 4.69) is 47.2 Å². The number of nitrogens with zero attached hydrogens (tertiary/aromatic N) is 5. The van der Waals surface area contributed by atoms with Gasteiger partial charge in [-0.2, -0.15) is 10.2 Å². The Morgan fingerprint density at radius 1 is 1.26 bits per heavy atom. The van der Waals surface area contributed by atoms with Crippen LogP contribution in [-0.2, 0) is 0 Å². The molecule has 1 N–H and O–H groups in total. The molecule has 0 amide bonds. The molecule has 0 spiro atoms. The van der Waals surface area contributed by atoms with Crippen molar-refractivity contribution in [1.82, 2.24) is 14.9 Å². The first-order chi connectivity index (χ1) is 15.1. The van der Waals surface area contributed by atoms with Crippen molar-refractivity contribution in [3.63, 3.8) is 0 Å². The summed E-state index contributed by atoms with van der Waals surface area (Å²) in [5.74, 6) is 3.84. The first-order valence-electron chi connectivity index (χ1n) is 11.6. The Balaban J connectivity index is 1.51. The Bertz CT molecular complexity index is 1010. The van der Waals surface area contributed by atoms with Gasteiger partial charge in [0.15, 0.2) is 0 Å². The van der Waals surface area contributed by atoms with Gasteiger partial charge in [0, 0.05) is 37.1 Å². The maximum absolute atomic E-state index is 9.36. The predicted octanol–water partition coefficient (Wildman–Crippen LogP) is 3.58. The van der Waals surface area contributed by atoms with Crippen LogP contribution in [0.3, 0.4) is 0 Å². The molecule has 0 bridgehead atoms. The molecule has 3 atom stereocenters. The van der Waals surface area contributed by atoms with Gasteiger partial charge in [0.25, 0.3) is 0 Å². The minimum atomic E-state index is 0.243. The molecule has 3 unspecified atom stereocenters. The molecule has 7 nitrogen and oxygen atoms in total. The third kappa shape index (κ3) is 3.78. The zero-order chi connectivity index (χ0) is 21.5. The fraction of sp³-hybridized carbons (Fsp3) is 0.625. The largest absolute Gasteiger partial charge is 0.496 e. The zero-order valence-electron chi connectivity index (χ0n) is 18.8. The molecule has 1 aromatic heterocycles. The van der Waals surface area contributed by atoms with Crippen LogP contribution < -0.4 is 15.0 Å². The van der Waals surface area contributed by atoms with Gasteiger partial charge < -0.3 is 19.9 Å². The number of hydrogen-bond acceptors (Lipinski definition) is 7. The van der Waals surface area contributed by atoms with E-state index in [0.717, 1.165) is 73.0 Å². The normalized spacial score (nSPS) is 26.0. The van der Waals surface area contributed by atoms with Crippen molar-refractivity contribution in [3.8, 4) is 11.8 Å². The molecule has 1 saturated carbocycles. The quantitative estimate of drug-likeness (QED) is 0.765. The minimum absolute atomic E-state index is 0.243. The molecule has 3 aliphatic rings. The average Bonchev–Trinajstić information content (AvgIpc) is 3.47. The summed E-state index contributed by atoms with van der Waals surface area (Å²) in [7, 11) is 1.71. The van der Waals surface area contributed by atoms with Crippen molar-refractivity contribution in [3.05, 3.63) is 17.7 Å². The fourth-order valence-electron chi connectivity index (χ4n) is 5.45. The molecule has 2 saturated heterocycles. The predicted molar refractivity (Wildman–Crippen MR) is 123 cm³/mol. The second kappa shape index (κ2) is 8.16. The lowest BCUT2D eigenvalue weighted by Gasteiger charge is -2.32. The van der Waals surface area contributed by atoms with Gasteiger partial charge in [0.2, 0.25) is 5.95 Å². The summed E-state index contributed by atoms with van der Waals surface area (Å²) in [6, 6.07) is 7.19. The highest BCUT2D eigenvalue weighted by molar-refractivity contribution is 5.92. The number of fused-ring (bicyclic) bond motifs is 2. The lowest BCUT2D eigenvalue weighted by molar-refractivity contribution is 0.229. The Kier molecular flexibility index (Phi) is 5.35. The summed E-state index contributed by atoms with van der Waals surface area (Å²) >= 11 is 0. The number of hydrogen-bond donors (Lipinski definition) is 1. The van der Waals surface area contributed by atoms with E-state index >= 15 is 0 Å². The summed E-state index contributed by atoms with van der Waals surface area (Å²) < 4.78 is 5.59. The number of rotatable bonds is 6. The number of methoxy groups -OCH3 is 1. The summed E-state index contributed by atoms with van der Waals surface area (Å²) in [5, 5.41) is 14.1. The first kappa shape index (κ1) is 20.3. The van der Waals surface area contributed by atoms with E-state index in [9.17, 15) is 5.26 Å². The third-order valence-electron chi connectivity index (χ3n) is 7.44. The van der Waals surface area contributed by atoms with Gasteiger partial charge in [-0.25, -0.2) is 4.98 Å². The molecule has 164 valence electrons. The summed E-state index contributed by atoms with van der Waals surface area (Å²) in [6.07, 6.45) is 4.02. The van der Waals surface area contributed by atoms with Crippen LogP contribution in [0.2, 0.25) is 0 Å². The van der Waals surface area contributed by atoms with Crippen LogP contribution in [0.5, 0.6) is 5.75 Å². The molecule has 31 heavy (non-hydrogen) atoms. The molecule has 7 heteroatoms. The molecular formula is C24H32N6O. The van der Waals surface area contributed by atoms with Crippen LogP contribution in [0.1, 0.15) is 38.2 Å². The van der Waals surface area contributed by atoms with Crippen LogP contribution >= 0.6 is 0 Å². The Morgan fingerprint density at radius 2 is 2.06 bits per heavy atom. The number of likely N-dealkylation sites (tertiary alicyclic amines) is 1. The number of aromatic nitrogens is 2. The Labute approximate surface area is 184 Å².